The molecule has 0 saturated carbocycles. The molecule has 56 valence electrons. The van der Waals surface area contributed by atoms with Crippen LogP contribution in [0.4, 0.5) is 0 Å². The first kappa shape index (κ1) is 8.75. The zero-order valence-corrected chi connectivity index (χ0v) is 5.92. The van der Waals surface area contributed by atoms with E-state index in [1.165, 1.54) is 13.4 Å². The van der Waals surface area contributed by atoms with Gasteiger partial charge in [0.15, 0.2) is 0 Å². The summed E-state index contributed by atoms with van der Waals surface area (Å²) in [6.45, 7) is 6.85. The molecule has 0 N–H and O–H groups in total. The van der Waals surface area contributed by atoms with Gasteiger partial charge in [-0.25, -0.2) is 4.79 Å². The van der Waals surface area contributed by atoms with Gasteiger partial charge in [0, 0.05) is 0 Å². The van der Waals surface area contributed by atoms with Gasteiger partial charge < -0.3 is 9.47 Å². The SMILES string of the molecule is C=COCC(=C)C(=O)OC. The van der Waals surface area contributed by atoms with Crippen LogP contribution in [0.2, 0.25) is 0 Å². The molecule has 0 radical (unpaired) electrons. The molecule has 3 heteroatoms. The molecule has 0 aromatic carbocycles. The van der Waals surface area contributed by atoms with E-state index in [-0.39, 0.29) is 12.2 Å². The second-order valence-corrected chi connectivity index (χ2v) is 1.57. The van der Waals surface area contributed by atoms with Crippen molar-refractivity contribution in [3.63, 3.8) is 0 Å². The molecule has 0 aliphatic carbocycles. The molecule has 0 rings (SSSR count). The third-order valence-electron chi connectivity index (χ3n) is 0.849. The molecule has 10 heavy (non-hydrogen) atoms. The van der Waals surface area contributed by atoms with Crippen LogP contribution in [0.3, 0.4) is 0 Å². The van der Waals surface area contributed by atoms with Crippen LogP contribution >= 0.6 is 0 Å². The van der Waals surface area contributed by atoms with E-state index < -0.39 is 5.97 Å². The van der Waals surface area contributed by atoms with E-state index in [0.29, 0.717) is 0 Å². The van der Waals surface area contributed by atoms with Crippen molar-refractivity contribution in [3.05, 3.63) is 25.0 Å². The third-order valence-corrected chi connectivity index (χ3v) is 0.849. The summed E-state index contributed by atoms with van der Waals surface area (Å²) in [4.78, 5) is 10.6. The summed E-state index contributed by atoms with van der Waals surface area (Å²) in [6.07, 6.45) is 1.24. The smallest absolute Gasteiger partial charge is 0.336 e. The minimum Gasteiger partial charge on any atom is -0.497 e. The average Bonchev–Trinajstić information content (AvgIpc) is 1.98. The molecule has 0 aliphatic rings. The lowest BCUT2D eigenvalue weighted by Gasteiger charge is -2.01. The van der Waals surface area contributed by atoms with Gasteiger partial charge in [-0.2, -0.15) is 0 Å². The Morgan fingerprint density at radius 2 is 2.30 bits per heavy atom. The number of methoxy groups -OCH3 is 1. The van der Waals surface area contributed by atoms with Crippen molar-refractivity contribution in [3.8, 4) is 0 Å². The summed E-state index contributed by atoms with van der Waals surface area (Å²) >= 11 is 0. The summed E-state index contributed by atoms with van der Waals surface area (Å²) in [7, 11) is 1.29. The lowest BCUT2D eigenvalue weighted by Crippen LogP contribution is -2.07. The number of hydrogen-bond donors (Lipinski definition) is 0. The van der Waals surface area contributed by atoms with E-state index in [2.05, 4.69) is 22.6 Å². The monoisotopic (exact) mass is 142 g/mol. The third kappa shape index (κ3) is 2.91. The summed E-state index contributed by atoms with van der Waals surface area (Å²) in [5, 5.41) is 0. The molecule has 3 nitrogen and oxygen atoms in total. The fourth-order valence-electron chi connectivity index (χ4n) is 0.363. The van der Waals surface area contributed by atoms with Crippen molar-refractivity contribution in [2.75, 3.05) is 13.7 Å². The summed E-state index contributed by atoms with van der Waals surface area (Å²) in [5.74, 6) is -0.457. The van der Waals surface area contributed by atoms with Gasteiger partial charge in [0.1, 0.15) is 6.61 Å². The standard InChI is InChI=1S/C7H10O3/c1-4-10-5-6(2)7(8)9-3/h4H,1-2,5H2,3H3. The van der Waals surface area contributed by atoms with Gasteiger partial charge in [-0.1, -0.05) is 13.2 Å². The highest BCUT2D eigenvalue weighted by molar-refractivity contribution is 5.87. The minimum absolute atomic E-state index is 0.135. The Labute approximate surface area is 59.9 Å². The number of ether oxygens (including phenoxy) is 2. The highest BCUT2D eigenvalue weighted by Gasteiger charge is 2.04. The fourth-order valence-corrected chi connectivity index (χ4v) is 0.363. The highest BCUT2D eigenvalue weighted by Crippen LogP contribution is 1.93. The van der Waals surface area contributed by atoms with Gasteiger partial charge in [-0.3, -0.25) is 0 Å². The minimum atomic E-state index is -0.457. The molecule has 0 atom stereocenters. The molecule has 0 unspecified atom stereocenters. The number of carbonyl (C=O) groups is 1. The molecule has 0 fully saturated rings. The maximum absolute atomic E-state index is 10.6. The zero-order chi connectivity index (χ0) is 7.98. The first-order valence-corrected chi connectivity index (χ1v) is 2.71. The number of hydrogen-bond acceptors (Lipinski definition) is 3. The van der Waals surface area contributed by atoms with Crippen LogP contribution in [0.15, 0.2) is 25.0 Å². The van der Waals surface area contributed by atoms with Crippen molar-refractivity contribution in [2.45, 2.75) is 0 Å². The van der Waals surface area contributed by atoms with Gasteiger partial charge in [-0.15, -0.1) is 0 Å². The average molecular weight is 142 g/mol. The first-order chi connectivity index (χ1) is 4.72. The highest BCUT2D eigenvalue weighted by atomic mass is 16.5. The van der Waals surface area contributed by atoms with Crippen LogP contribution in [0, 0.1) is 0 Å². The number of carbonyl (C=O) groups excluding carboxylic acids is 1. The van der Waals surface area contributed by atoms with E-state index in [1.54, 1.807) is 0 Å². The number of rotatable bonds is 4. The van der Waals surface area contributed by atoms with Crippen LogP contribution < -0.4 is 0 Å². The maximum atomic E-state index is 10.6. The summed E-state index contributed by atoms with van der Waals surface area (Å²) in [5.41, 5.74) is 0.280. The normalized spacial score (nSPS) is 8.10. The molecule has 0 heterocycles. The molecule has 0 bridgehead atoms. The molecular formula is C7H10O3. The first-order valence-electron chi connectivity index (χ1n) is 2.71. The van der Waals surface area contributed by atoms with Gasteiger partial charge in [0.25, 0.3) is 0 Å². The van der Waals surface area contributed by atoms with E-state index in [9.17, 15) is 4.79 Å². The molecule has 0 spiro atoms. The topological polar surface area (TPSA) is 35.5 Å². The van der Waals surface area contributed by atoms with Gasteiger partial charge >= 0.3 is 5.97 Å². The van der Waals surface area contributed by atoms with Crippen molar-refractivity contribution in [2.24, 2.45) is 0 Å². The van der Waals surface area contributed by atoms with E-state index in [0.717, 1.165) is 0 Å². The molecule has 0 amide bonds. The summed E-state index contributed by atoms with van der Waals surface area (Å²) in [6, 6.07) is 0. The van der Waals surface area contributed by atoms with Crippen molar-refractivity contribution < 1.29 is 14.3 Å². The Balaban J connectivity index is 3.62. The molecule has 0 saturated heterocycles. The Kier molecular flexibility index (Phi) is 4.04. The Morgan fingerprint density at radius 3 is 2.70 bits per heavy atom. The predicted molar refractivity (Wildman–Crippen MR) is 37.3 cm³/mol. The lowest BCUT2D eigenvalue weighted by atomic mass is 10.3. The molecule has 0 aromatic heterocycles. The van der Waals surface area contributed by atoms with Crippen LogP contribution in [-0.4, -0.2) is 19.7 Å². The zero-order valence-electron chi connectivity index (χ0n) is 5.92. The molecule has 0 aromatic rings. The Bertz CT molecular complexity index is 149. The van der Waals surface area contributed by atoms with Crippen LogP contribution in [0.5, 0.6) is 0 Å². The van der Waals surface area contributed by atoms with Crippen LogP contribution in [-0.2, 0) is 14.3 Å². The van der Waals surface area contributed by atoms with E-state index >= 15 is 0 Å². The second-order valence-electron chi connectivity index (χ2n) is 1.57. The maximum Gasteiger partial charge on any atom is 0.336 e. The van der Waals surface area contributed by atoms with Crippen molar-refractivity contribution in [1.29, 1.82) is 0 Å². The molecular weight excluding hydrogens is 132 g/mol. The lowest BCUT2D eigenvalue weighted by molar-refractivity contribution is -0.136. The molecule has 0 aliphatic heterocycles. The van der Waals surface area contributed by atoms with Gasteiger partial charge in [-0.05, 0) is 0 Å². The Hall–Kier alpha value is -1.25. The summed E-state index contributed by atoms with van der Waals surface area (Å²) < 4.78 is 9.04. The fraction of sp³-hybridized carbons (Fsp3) is 0.286. The number of esters is 1. The predicted octanol–water partition coefficient (Wildman–Crippen LogP) is 0.876. The largest absolute Gasteiger partial charge is 0.497 e. The van der Waals surface area contributed by atoms with E-state index in [4.69, 9.17) is 0 Å². The van der Waals surface area contributed by atoms with Gasteiger partial charge in [0.2, 0.25) is 0 Å². The van der Waals surface area contributed by atoms with E-state index in [1.807, 2.05) is 0 Å². The van der Waals surface area contributed by atoms with Gasteiger partial charge in [0.05, 0.1) is 18.9 Å². The van der Waals surface area contributed by atoms with Crippen LogP contribution in [0.25, 0.3) is 0 Å². The quantitative estimate of drug-likeness (QED) is 0.332. The van der Waals surface area contributed by atoms with Crippen molar-refractivity contribution >= 4 is 5.97 Å². The second kappa shape index (κ2) is 4.61. The van der Waals surface area contributed by atoms with Crippen molar-refractivity contribution in [1.82, 2.24) is 0 Å². The Morgan fingerprint density at radius 1 is 1.70 bits per heavy atom. The van der Waals surface area contributed by atoms with Crippen LogP contribution in [0.1, 0.15) is 0 Å².